The van der Waals surface area contributed by atoms with Gasteiger partial charge in [0.15, 0.2) is 0 Å². The largest absolute Gasteiger partial charge is 0.323 e. The Morgan fingerprint density at radius 3 is 2.32 bits per heavy atom. The minimum atomic E-state index is -3.55. The molecule has 0 aliphatic carbocycles. The fourth-order valence-electron chi connectivity index (χ4n) is 2.61. The molecule has 1 saturated heterocycles. The van der Waals surface area contributed by atoms with Gasteiger partial charge >= 0.3 is 0 Å². The van der Waals surface area contributed by atoms with Crippen LogP contribution in [-0.4, -0.2) is 43.8 Å². The monoisotopic (exact) mass is 323 g/mol. The van der Waals surface area contributed by atoms with Crippen LogP contribution >= 0.6 is 0 Å². The summed E-state index contributed by atoms with van der Waals surface area (Å²) in [4.78, 5) is 11.5. The zero-order chi connectivity index (χ0) is 16.3. The lowest BCUT2D eigenvalue weighted by Crippen LogP contribution is -2.57. The van der Waals surface area contributed by atoms with Crippen LogP contribution < -0.4 is 10.6 Å². The van der Waals surface area contributed by atoms with E-state index in [0.717, 1.165) is 6.08 Å². The van der Waals surface area contributed by atoms with Gasteiger partial charge in [0.05, 0.1) is 4.90 Å². The number of rotatable bonds is 4. The lowest BCUT2D eigenvalue weighted by Gasteiger charge is -2.38. The number of hydrogen-bond donors (Lipinski definition) is 2. The van der Waals surface area contributed by atoms with E-state index in [2.05, 4.69) is 17.2 Å². The maximum Gasteiger partial charge on any atom is 0.247 e. The van der Waals surface area contributed by atoms with Crippen LogP contribution in [0.15, 0.2) is 41.8 Å². The predicted molar refractivity (Wildman–Crippen MR) is 86.1 cm³/mol. The van der Waals surface area contributed by atoms with E-state index < -0.39 is 10.0 Å². The van der Waals surface area contributed by atoms with Gasteiger partial charge in [0.2, 0.25) is 15.9 Å². The van der Waals surface area contributed by atoms with Crippen molar-refractivity contribution in [2.75, 3.05) is 18.4 Å². The molecule has 2 unspecified atom stereocenters. The second kappa shape index (κ2) is 6.60. The summed E-state index contributed by atoms with van der Waals surface area (Å²) in [5.41, 5.74) is 0.533. The lowest BCUT2D eigenvalue weighted by molar-refractivity contribution is -0.111. The molecular formula is C15H21N3O3S. The molecule has 6 nitrogen and oxygen atoms in total. The van der Waals surface area contributed by atoms with E-state index in [4.69, 9.17) is 0 Å². The number of sulfonamides is 1. The highest BCUT2D eigenvalue weighted by atomic mass is 32.2. The molecule has 1 aliphatic rings. The zero-order valence-corrected chi connectivity index (χ0v) is 13.6. The number of benzene rings is 1. The fraction of sp³-hybridized carbons (Fsp3) is 0.400. The van der Waals surface area contributed by atoms with E-state index in [-0.39, 0.29) is 22.9 Å². The first-order valence-corrected chi connectivity index (χ1v) is 8.58. The van der Waals surface area contributed by atoms with E-state index in [0.29, 0.717) is 18.8 Å². The molecule has 1 heterocycles. The molecule has 0 aromatic heterocycles. The summed E-state index contributed by atoms with van der Waals surface area (Å²) >= 11 is 0. The van der Waals surface area contributed by atoms with Gasteiger partial charge in [-0.3, -0.25) is 4.79 Å². The maximum absolute atomic E-state index is 12.8. The summed E-state index contributed by atoms with van der Waals surface area (Å²) < 4.78 is 27.1. The van der Waals surface area contributed by atoms with Crippen LogP contribution in [0.2, 0.25) is 0 Å². The number of anilines is 1. The molecule has 0 saturated carbocycles. The first kappa shape index (κ1) is 16.7. The van der Waals surface area contributed by atoms with Crippen LogP contribution in [0, 0.1) is 0 Å². The summed E-state index contributed by atoms with van der Waals surface area (Å²) in [5.74, 6) is -0.333. The minimum Gasteiger partial charge on any atom is -0.323 e. The van der Waals surface area contributed by atoms with Crippen LogP contribution in [0.1, 0.15) is 13.8 Å². The summed E-state index contributed by atoms with van der Waals surface area (Å²) in [7, 11) is -3.55. The molecule has 1 aromatic rings. The third-order valence-electron chi connectivity index (χ3n) is 3.63. The predicted octanol–water partition coefficient (Wildman–Crippen LogP) is 1.18. The standard InChI is InChI=1S/C15H21N3O3S/c1-4-15(19)17-13-5-7-14(8-6-13)22(20,21)18-11(2)9-16-10-12(18)3/h4-8,11-12,16H,1,9-10H2,2-3H3,(H,17,19). The van der Waals surface area contributed by atoms with E-state index in [1.165, 1.54) is 12.1 Å². The Hall–Kier alpha value is -1.70. The Labute approximate surface area is 131 Å². The number of amides is 1. The Kier molecular flexibility index (Phi) is 5.00. The quantitative estimate of drug-likeness (QED) is 0.816. The van der Waals surface area contributed by atoms with E-state index in [9.17, 15) is 13.2 Å². The molecule has 1 aromatic carbocycles. The molecule has 0 radical (unpaired) electrons. The number of piperazine rings is 1. The lowest BCUT2D eigenvalue weighted by atomic mass is 10.2. The molecule has 2 N–H and O–H groups in total. The van der Waals surface area contributed by atoms with Gasteiger partial charge in [-0.15, -0.1) is 0 Å². The summed E-state index contributed by atoms with van der Waals surface area (Å²) in [6.45, 7) is 8.42. The molecule has 2 rings (SSSR count). The summed E-state index contributed by atoms with van der Waals surface area (Å²) in [5, 5.41) is 5.80. The molecule has 1 amide bonds. The fourth-order valence-corrected chi connectivity index (χ4v) is 4.43. The van der Waals surface area contributed by atoms with Crippen molar-refractivity contribution in [2.24, 2.45) is 0 Å². The summed E-state index contributed by atoms with van der Waals surface area (Å²) in [6, 6.07) is 5.96. The Morgan fingerprint density at radius 2 is 1.82 bits per heavy atom. The SMILES string of the molecule is C=CC(=O)Nc1ccc(S(=O)(=O)N2C(C)CNCC2C)cc1. The van der Waals surface area contributed by atoms with Gasteiger partial charge < -0.3 is 10.6 Å². The molecule has 22 heavy (non-hydrogen) atoms. The van der Waals surface area contributed by atoms with Gasteiger partial charge in [-0.2, -0.15) is 4.31 Å². The van der Waals surface area contributed by atoms with Crippen molar-refractivity contribution < 1.29 is 13.2 Å². The second-order valence-corrected chi connectivity index (χ2v) is 7.25. The highest BCUT2D eigenvalue weighted by Gasteiger charge is 2.35. The zero-order valence-electron chi connectivity index (χ0n) is 12.7. The molecule has 1 aliphatic heterocycles. The number of carbonyl (C=O) groups is 1. The maximum atomic E-state index is 12.8. The van der Waals surface area contributed by atoms with E-state index in [1.807, 2.05) is 13.8 Å². The third-order valence-corrected chi connectivity index (χ3v) is 5.77. The van der Waals surface area contributed by atoms with Crippen molar-refractivity contribution >= 4 is 21.6 Å². The highest BCUT2D eigenvalue weighted by Crippen LogP contribution is 2.23. The van der Waals surface area contributed by atoms with Crippen molar-refractivity contribution in [3.05, 3.63) is 36.9 Å². The molecule has 1 fully saturated rings. The number of hydrogen-bond acceptors (Lipinski definition) is 4. The normalized spacial score (nSPS) is 23.0. The van der Waals surface area contributed by atoms with Crippen LogP contribution in [0.4, 0.5) is 5.69 Å². The average Bonchev–Trinajstić information content (AvgIpc) is 2.47. The minimum absolute atomic E-state index is 0.103. The Morgan fingerprint density at radius 1 is 1.27 bits per heavy atom. The van der Waals surface area contributed by atoms with Crippen molar-refractivity contribution in [1.82, 2.24) is 9.62 Å². The van der Waals surface area contributed by atoms with Crippen LogP contribution in [0.25, 0.3) is 0 Å². The number of nitrogens with one attached hydrogen (secondary N) is 2. The second-order valence-electron chi connectivity index (χ2n) is 5.41. The average molecular weight is 323 g/mol. The van der Waals surface area contributed by atoms with E-state index >= 15 is 0 Å². The van der Waals surface area contributed by atoms with E-state index in [1.54, 1.807) is 16.4 Å². The van der Waals surface area contributed by atoms with Crippen LogP contribution in [-0.2, 0) is 14.8 Å². The van der Waals surface area contributed by atoms with Gasteiger partial charge in [0, 0.05) is 30.9 Å². The molecule has 0 bridgehead atoms. The van der Waals surface area contributed by atoms with Crippen molar-refractivity contribution in [3.63, 3.8) is 0 Å². The van der Waals surface area contributed by atoms with Crippen molar-refractivity contribution in [3.8, 4) is 0 Å². The number of nitrogens with zero attached hydrogens (tertiary/aromatic N) is 1. The third kappa shape index (κ3) is 3.37. The Bertz CT molecular complexity index is 645. The van der Waals surface area contributed by atoms with Gasteiger partial charge in [0.1, 0.15) is 0 Å². The van der Waals surface area contributed by atoms with Crippen LogP contribution in [0.3, 0.4) is 0 Å². The molecule has 7 heteroatoms. The number of carbonyl (C=O) groups excluding carboxylic acids is 1. The molecular weight excluding hydrogens is 302 g/mol. The van der Waals surface area contributed by atoms with Crippen molar-refractivity contribution in [1.29, 1.82) is 0 Å². The van der Waals surface area contributed by atoms with Gasteiger partial charge in [0.25, 0.3) is 0 Å². The summed E-state index contributed by atoms with van der Waals surface area (Å²) in [6.07, 6.45) is 1.16. The van der Waals surface area contributed by atoms with Gasteiger partial charge in [-0.1, -0.05) is 6.58 Å². The first-order chi connectivity index (χ1) is 10.4. The molecule has 0 spiro atoms. The molecule has 2 atom stereocenters. The van der Waals surface area contributed by atoms with Gasteiger partial charge in [-0.05, 0) is 44.2 Å². The van der Waals surface area contributed by atoms with Crippen LogP contribution in [0.5, 0.6) is 0 Å². The topological polar surface area (TPSA) is 78.5 Å². The highest BCUT2D eigenvalue weighted by molar-refractivity contribution is 7.89. The van der Waals surface area contributed by atoms with Gasteiger partial charge in [-0.25, -0.2) is 8.42 Å². The first-order valence-electron chi connectivity index (χ1n) is 7.14. The smallest absolute Gasteiger partial charge is 0.247 e. The Balaban J connectivity index is 2.25. The molecule has 120 valence electrons. The van der Waals surface area contributed by atoms with Crippen molar-refractivity contribution in [2.45, 2.75) is 30.8 Å².